The number of unbranched alkanes of at least 4 members (excludes halogenated alkanes) is 1. The lowest BCUT2D eigenvalue weighted by atomic mass is 10.0. The Morgan fingerprint density at radius 1 is 1.21 bits per heavy atom. The summed E-state index contributed by atoms with van der Waals surface area (Å²) in [6, 6.07) is 9.96. The highest BCUT2D eigenvalue weighted by Crippen LogP contribution is 2.31. The number of anilines is 1. The smallest absolute Gasteiger partial charge is 0.261 e. The van der Waals surface area contributed by atoms with E-state index in [4.69, 9.17) is 10.2 Å². The molecule has 0 aliphatic carbocycles. The number of nitrogens with two attached hydrogens (primary N) is 1. The van der Waals surface area contributed by atoms with Crippen LogP contribution in [0.3, 0.4) is 0 Å². The highest BCUT2D eigenvalue weighted by atomic mass is 16.3. The van der Waals surface area contributed by atoms with Crippen LogP contribution < -0.4 is 16.6 Å². The van der Waals surface area contributed by atoms with Crippen LogP contribution in [0, 0.1) is 0 Å². The molecule has 34 heavy (non-hydrogen) atoms. The third-order valence-corrected chi connectivity index (χ3v) is 6.54. The summed E-state index contributed by atoms with van der Waals surface area (Å²) >= 11 is 0. The maximum Gasteiger partial charge on any atom is 0.261 e. The molecule has 0 spiro atoms. The first-order valence-corrected chi connectivity index (χ1v) is 12.0. The molecule has 1 saturated heterocycles. The van der Waals surface area contributed by atoms with Crippen molar-refractivity contribution in [2.75, 3.05) is 38.5 Å². The van der Waals surface area contributed by atoms with E-state index in [1.165, 1.54) is 0 Å². The van der Waals surface area contributed by atoms with Gasteiger partial charge in [-0.3, -0.25) is 14.5 Å². The molecule has 1 aliphatic rings. The van der Waals surface area contributed by atoms with Crippen LogP contribution in [0.5, 0.6) is 0 Å². The third kappa shape index (κ3) is 5.41. The Kier molecular flexibility index (Phi) is 7.50. The first-order chi connectivity index (χ1) is 16.4. The van der Waals surface area contributed by atoms with Gasteiger partial charge in [0, 0.05) is 56.6 Å². The van der Waals surface area contributed by atoms with Crippen molar-refractivity contribution in [3.63, 3.8) is 0 Å². The number of aryl methyl sites for hydroxylation is 1. The first-order valence-electron chi connectivity index (χ1n) is 12.0. The maximum absolute atomic E-state index is 12.9. The Bertz CT molecular complexity index is 1210. The Balaban J connectivity index is 1.62. The molecule has 1 amide bonds. The van der Waals surface area contributed by atoms with E-state index in [1.54, 1.807) is 17.8 Å². The van der Waals surface area contributed by atoms with Crippen LogP contribution in [-0.2, 0) is 18.4 Å². The SMILES string of the molecule is CC1CN(C)CCN1Cc1cc2c(=O)n(C)cc(-c3cccc(NC(=O)CCCCN)c3)c2o1. The number of hydrogen-bond acceptors (Lipinski definition) is 6. The summed E-state index contributed by atoms with van der Waals surface area (Å²) in [6.07, 6.45) is 3.85. The van der Waals surface area contributed by atoms with Gasteiger partial charge >= 0.3 is 0 Å². The Hall–Kier alpha value is -2.94. The minimum absolute atomic E-state index is 0.0298. The molecular weight excluding hydrogens is 430 g/mol. The van der Waals surface area contributed by atoms with Gasteiger partial charge in [0.1, 0.15) is 11.3 Å². The van der Waals surface area contributed by atoms with Crippen molar-refractivity contribution in [2.45, 2.75) is 38.8 Å². The van der Waals surface area contributed by atoms with Gasteiger partial charge in [0.15, 0.2) is 0 Å². The van der Waals surface area contributed by atoms with E-state index in [1.807, 2.05) is 30.3 Å². The van der Waals surface area contributed by atoms with Crippen molar-refractivity contribution in [3.05, 3.63) is 52.6 Å². The summed E-state index contributed by atoms with van der Waals surface area (Å²) in [5, 5.41) is 3.54. The topological polar surface area (TPSA) is 96.7 Å². The number of carbonyl (C=O) groups is 1. The monoisotopic (exact) mass is 465 g/mol. The van der Waals surface area contributed by atoms with Crippen molar-refractivity contribution >= 4 is 22.6 Å². The van der Waals surface area contributed by atoms with E-state index >= 15 is 0 Å². The number of pyridine rings is 1. The summed E-state index contributed by atoms with van der Waals surface area (Å²) in [6.45, 7) is 6.47. The second-order valence-corrected chi connectivity index (χ2v) is 9.37. The molecule has 2 aromatic heterocycles. The number of hydrogen-bond donors (Lipinski definition) is 2. The molecule has 3 heterocycles. The number of fused-ring (bicyclic) bond motifs is 1. The highest BCUT2D eigenvalue weighted by Gasteiger charge is 2.23. The van der Waals surface area contributed by atoms with Crippen molar-refractivity contribution < 1.29 is 9.21 Å². The molecular formula is C26H35N5O3. The molecule has 0 radical (unpaired) electrons. The standard InChI is InChI=1S/C26H35N5O3/c1-18-15-29(2)11-12-31(18)16-21-14-22-25(34-21)23(17-30(3)26(22)33)19-7-6-8-20(13-19)28-24(32)9-4-5-10-27/h6-8,13-14,17-18H,4-5,9-12,15-16,27H2,1-3H3,(H,28,32). The number of piperazine rings is 1. The number of benzene rings is 1. The fourth-order valence-electron chi connectivity index (χ4n) is 4.62. The summed E-state index contributed by atoms with van der Waals surface area (Å²) < 4.78 is 7.88. The summed E-state index contributed by atoms with van der Waals surface area (Å²) in [5.74, 6) is 0.762. The van der Waals surface area contributed by atoms with Crippen LogP contribution >= 0.6 is 0 Å². The summed E-state index contributed by atoms with van der Waals surface area (Å²) in [4.78, 5) is 29.9. The lowest BCUT2D eigenvalue weighted by molar-refractivity contribution is -0.116. The van der Waals surface area contributed by atoms with E-state index in [-0.39, 0.29) is 11.5 Å². The molecule has 1 atom stereocenters. The fourth-order valence-corrected chi connectivity index (χ4v) is 4.62. The van der Waals surface area contributed by atoms with Gasteiger partial charge in [0.05, 0.1) is 11.9 Å². The van der Waals surface area contributed by atoms with Crippen LogP contribution in [0.1, 0.15) is 31.9 Å². The largest absolute Gasteiger partial charge is 0.459 e. The number of carbonyl (C=O) groups excluding carboxylic acids is 1. The van der Waals surface area contributed by atoms with Gasteiger partial charge in [0.2, 0.25) is 5.91 Å². The van der Waals surface area contributed by atoms with Crippen molar-refractivity contribution in [3.8, 4) is 11.1 Å². The molecule has 1 aliphatic heterocycles. The second kappa shape index (κ2) is 10.5. The summed E-state index contributed by atoms with van der Waals surface area (Å²) in [5.41, 5.74) is 8.46. The van der Waals surface area contributed by atoms with E-state index in [0.29, 0.717) is 36.5 Å². The number of amides is 1. The normalized spacial score (nSPS) is 17.4. The molecule has 8 nitrogen and oxygen atoms in total. The number of nitrogens with one attached hydrogen (secondary N) is 1. The van der Waals surface area contributed by atoms with Crippen molar-refractivity contribution in [2.24, 2.45) is 12.8 Å². The number of likely N-dealkylation sites (N-methyl/N-ethyl adjacent to an activating group) is 1. The molecule has 1 unspecified atom stereocenters. The van der Waals surface area contributed by atoms with E-state index in [2.05, 4.69) is 29.1 Å². The average Bonchev–Trinajstić information content (AvgIpc) is 3.22. The fraction of sp³-hybridized carbons (Fsp3) is 0.462. The van der Waals surface area contributed by atoms with E-state index in [9.17, 15) is 9.59 Å². The van der Waals surface area contributed by atoms with Crippen LogP contribution in [0.15, 0.2) is 45.7 Å². The molecule has 3 N–H and O–H groups in total. The predicted octanol–water partition coefficient (Wildman–Crippen LogP) is 3.00. The number of aromatic nitrogens is 1. The molecule has 8 heteroatoms. The van der Waals surface area contributed by atoms with Gasteiger partial charge in [-0.15, -0.1) is 0 Å². The highest BCUT2D eigenvalue weighted by molar-refractivity contribution is 5.95. The molecule has 182 valence electrons. The lowest BCUT2D eigenvalue weighted by Crippen LogP contribution is -2.49. The quantitative estimate of drug-likeness (QED) is 0.497. The number of furan rings is 1. The predicted molar refractivity (Wildman–Crippen MR) is 136 cm³/mol. The zero-order chi connectivity index (χ0) is 24.2. The Morgan fingerprint density at radius 3 is 2.79 bits per heavy atom. The Labute approximate surface area is 200 Å². The molecule has 0 bridgehead atoms. The maximum atomic E-state index is 12.9. The van der Waals surface area contributed by atoms with Gasteiger partial charge in [-0.2, -0.15) is 0 Å². The zero-order valence-corrected chi connectivity index (χ0v) is 20.3. The summed E-state index contributed by atoms with van der Waals surface area (Å²) in [7, 11) is 3.89. The lowest BCUT2D eigenvalue weighted by Gasteiger charge is -2.37. The molecule has 1 fully saturated rings. The van der Waals surface area contributed by atoms with Crippen molar-refractivity contribution in [1.29, 1.82) is 0 Å². The first kappa shape index (κ1) is 24.2. The van der Waals surface area contributed by atoms with Crippen LogP contribution in [0.4, 0.5) is 5.69 Å². The molecule has 3 aromatic rings. The minimum Gasteiger partial charge on any atom is -0.459 e. The molecule has 1 aromatic carbocycles. The van der Waals surface area contributed by atoms with Crippen molar-refractivity contribution in [1.82, 2.24) is 14.4 Å². The van der Waals surface area contributed by atoms with E-state index < -0.39 is 0 Å². The van der Waals surface area contributed by atoms with Gasteiger partial charge < -0.3 is 24.9 Å². The van der Waals surface area contributed by atoms with Crippen LogP contribution in [0.2, 0.25) is 0 Å². The van der Waals surface area contributed by atoms with Gasteiger partial charge in [-0.25, -0.2) is 0 Å². The van der Waals surface area contributed by atoms with Crippen LogP contribution in [0.25, 0.3) is 22.1 Å². The molecule has 0 saturated carbocycles. The average molecular weight is 466 g/mol. The van der Waals surface area contributed by atoms with Crippen LogP contribution in [-0.4, -0.2) is 59.5 Å². The third-order valence-electron chi connectivity index (χ3n) is 6.54. The van der Waals surface area contributed by atoms with Gasteiger partial charge in [-0.1, -0.05) is 12.1 Å². The molecule has 4 rings (SSSR count). The zero-order valence-electron chi connectivity index (χ0n) is 20.3. The number of nitrogens with zero attached hydrogens (tertiary/aromatic N) is 3. The van der Waals surface area contributed by atoms with Gasteiger partial charge in [-0.05, 0) is 57.1 Å². The minimum atomic E-state index is -0.0791. The number of rotatable bonds is 8. The van der Waals surface area contributed by atoms with Gasteiger partial charge in [0.25, 0.3) is 5.56 Å². The van der Waals surface area contributed by atoms with E-state index in [0.717, 1.165) is 55.1 Å². The Morgan fingerprint density at radius 2 is 2.03 bits per heavy atom. The second-order valence-electron chi connectivity index (χ2n) is 9.37.